The van der Waals surface area contributed by atoms with E-state index in [1.807, 2.05) is 19.9 Å². The van der Waals surface area contributed by atoms with E-state index in [0.717, 1.165) is 30.8 Å². The number of benzene rings is 1. The van der Waals surface area contributed by atoms with Gasteiger partial charge in [-0.2, -0.15) is 0 Å². The van der Waals surface area contributed by atoms with Gasteiger partial charge in [-0.05, 0) is 37.1 Å². The number of hydrogen-bond donors (Lipinski definition) is 1. The molecule has 18 heavy (non-hydrogen) atoms. The van der Waals surface area contributed by atoms with Crippen LogP contribution in [0.4, 0.5) is 0 Å². The summed E-state index contributed by atoms with van der Waals surface area (Å²) in [5.74, 6) is 0.925. The summed E-state index contributed by atoms with van der Waals surface area (Å²) in [7, 11) is 0.964. The van der Waals surface area contributed by atoms with Crippen LogP contribution >= 0.6 is 0 Å². The van der Waals surface area contributed by atoms with Gasteiger partial charge >= 0.3 is 0 Å². The first kappa shape index (κ1) is 15.2. The molecule has 0 radical (unpaired) electrons. The maximum Gasteiger partial charge on any atom is 0.121 e. The standard InChI is InChI=1S/C14H23NO2S/c1-11-9-13(5-6-14(11)17-3)10-15-8-7-12(2)18(4)16/h5-6,9,12,15H,7-8,10H2,1-4H3. The number of nitrogens with one attached hydrogen (secondary N) is 1. The highest BCUT2D eigenvalue weighted by Crippen LogP contribution is 2.18. The van der Waals surface area contributed by atoms with Crippen LogP contribution in [0.25, 0.3) is 0 Å². The van der Waals surface area contributed by atoms with E-state index in [1.165, 1.54) is 5.56 Å². The van der Waals surface area contributed by atoms with E-state index in [9.17, 15) is 4.21 Å². The first-order valence-electron chi connectivity index (χ1n) is 6.21. The predicted octanol–water partition coefficient (Wildman–Crippen LogP) is 2.25. The second-order valence-electron chi connectivity index (χ2n) is 4.58. The maximum absolute atomic E-state index is 11.2. The Labute approximate surface area is 112 Å². The van der Waals surface area contributed by atoms with Gasteiger partial charge in [0.1, 0.15) is 5.75 Å². The lowest BCUT2D eigenvalue weighted by atomic mass is 10.1. The molecule has 2 atom stereocenters. The Bertz CT molecular complexity index is 407. The highest BCUT2D eigenvalue weighted by molar-refractivity contribution is 7.84. The number of rotatable bonds is 7. The third kappa shape index (κ3) is 4.78. The molecule has 0 aliphatic heterocycles. The van der Waals surface area contributed by atoms with Crippen molar-refractivity contribution in [3.63, 3.8) is 0 Å². The minimum atomic E-state index is -0.723. The molecule has 1 N–H and O–H groups in total. The van der Waals surface area contributed by atoms with Gasteiger partial charge in [0, 0.05) is 28.9 Å². The summed E-state index contributed by atoms with van der Waals surface area (Å²) in [6, 6.07) is 6.20. The molecule has 0 aliphatic carbocycles. The molecule has 1 rings (SSSR count). The quantitative estimate of drug-likeness (QED) is 0.772. The molecular formula is C14H23NO2S. The minimum absolute atomic E-state index is 0.259. The van der Waals surface area contributed by atoms with Gasteiger partial charge in [-0.15, -0.1) is 0 Å². The molecule has 1 aromatic rings. The summed E-state index contributed by atoms with van der Waals surface area (Å²) in [4.78, 5) is 0. The average molecular weight is 269 g/mol. The van der Waals surface area contributed by atoms with Crippen LogP contribution in [0.5, 0.6) is 5.75 Å². The summed E-state index contributed by atoms with van der Waals surface area (Å²) in [6.45, 7) is 5.81. The first-order valence-corrected chi connectivity index (χ1v) is 7.83. The lowest BCUT2D eigenvalue weighted by Crippen LogP contribution is -2.20. The zero-order valence-corrected chi connectivity index (χ0v) is 12.5. The number of ether oxygens (including phenoxy) is 1. The molecule has 2 unspecified atom stereocenters. The van der Waals surface area contributed by atoms with Gasteiger partial charge in [-0.3, -0.25) is 4.21 Å². The van der Waals surface area contributed by atoms with Crippen molar-refractivity contribution in [2.75, 3.05) is 19.9 Å². The highest BCUT2D eigenvalue weighted by atomic mass is 32.2. The van der Waals surface area contributed by atoms with Gasteiger partial charge < -0.3 is 10.1 Å². The number of methoxy groups -OCH3 is 1. The lowest BCUT2D eigenvalue weighted by Gasteiger charge is -2.10. The van der Waals surface area contributed by atoms with Crippen LogP contribution in [-0.2, 0) is 17.3 Å². The van der Waals surface area contributed by atoms with Crippen LogP contribution in [0.15, 0.2) is 18.2 Å². The smallest absolute Gasteiger partial charge is 0.121 e. The summed E-state index contributed by atoms with van der Waals surface area (Å²) < 4.78 is 16.4. The zero-order chi connectivity index (χ0) is 13.5. The number of hydrogen-bond acceptors (Lipinski definition) is 3. The van der Waals surface area contributed by atoms with E-state index in [2.05, 4.69) is 17.4 Å². The van der Waals surface area contributed by atoms with Crippen LogP contribution in [0, 0.1) is 6.92 Å². The Morgan fingerprint density at radius 1 is 1.44 bits per heavy atom. The van der Waals surface area contributed by atoms with Gasteiger partial charge in [0.05, 0.1) is 7.11 Å². The van der Waals surface area contributed by atoms with Crippen molar-refractivity contribution in [3.05, 3.63) is 29.3 Å². The Morgan fingerprint density at radius 3 is 2.72 bits per heavy atom. The van der Waals surface area contributed by atoms with Crippen molar-refractivity contribution in [2.45, 2.75) is 32.1 Å². The summed E-state index contributed by atoms with van der Waals surface area (Å²) >= 11 is 0. The van der Waals surface area contributed by atoms with Crippen molar-refractivity contribution in [1.82, 2.24) is 5.32 Å². The Hall–Kier alpha value is -0.870. The molecule has 3 nitrogen and oxygen atoms in total. The first-order chi connectivity index (χ1) is 8.54. The second kappa shape index (κ2) is 7.54. The molecule has 0 aromatic heterocycles. The normalized spacial score (nSPS) is 14.2. The van der Waals surface area contributed by atoms with Gasteiger partial charge in [0.15, 0.2) is 0 Å². The van der Waals surface area contributed by atoms with Crippen molar-refractivity contribution >= 4 is 10.8 Å². The average Bonchev–Trinajstić information content (AvgIpc) is 2.34. The molecule has 0 aliphatic rings. The SMILES string of the molecule is COc1ccc(CNCCC(C)S(C)=O)cc1C. The van der Waals surface area contributed by atoms with E-state index in [4.69, 9.17) is 4.74 Å². The van der Waals surface area contributed by atoms with Gasteiger partial charge in [-0.1, -0.05) is 19.1 Å². The maximum atomic E-state index is 11.2. The van der Waals surface area contributed by atoms with Crippen LogP contribution < -0.4 is 10.1 Å². The summed E-state index contributed by atoms with van der Waals surface area (Å²) in [5, 5.41) is 3.64. The van der Waals surface area contributed by atoms with Crippen LogP contribution in [0.3, 0.4) is 0 Å². The predicted molar refractivity (Wildman–Crippen MR) is 77.6 cm³/mol. The van der Waals surface area contributed by atoms with Gasteiger partial charge in [0.2, 0.25) is 0 Å². The summed E-state index contributed by atoms with van der Waals surface area (Å²) in [5.41, 5.74) is 2.40. The highest BCUT2D eigenvalue weighted by Gasteiger charge is 2.05. The molecule has 0 fully saturated rings. The molecule has 102 valence electrons. The van der Waals surface area contributed by atoms with E-state index in [0.29, 0.717) is 0 Å². The fraction of sp³-hybridized carbons (Fsp3) is 0.571. The molecule has 1 aromatic carbocycles. The van der Waals surface area contributed by atoms with E-state index < -0.39 is 10.8 Å². The third-order valence-corrected chi connectivity index (χ3v) is 4.45. The molecule has 0 saturated heterocycles. The Kier molecular flexibility index (Phi) is 6.36. The Morgan fingerprint density at radius 2 is 2.17 bits per heavy atom. The van der Waals surface area contributed by atoms with E-state index in [1.54, 1.807) is 13.4 Å². The largest absolute Gasteiger partial charge is 0.496 e. The summed E-state index contributed by atoms with van der Waals surface area (Å²) in [6.07, 6.45) is 2.70. The second-order valence-corrected chi connectivity index (χ2v) is 6.38. The molecule has 0 amide bonds. The van der Waals surface area contributed by atoms with Crippen molar-refractivity contribution in [3.8, 4) is 5.75 Å². The fourth-order valence-corrected chi connectivity index (χ4v) is 2.20. The van der Waals surface area contributed by atoms with E-state index in [-0.39, 0.29) is 5.25 Å². The molecular weight excluding hydrogens is 246 g/mol. The molecule has 0 heterocycles. The third-order valence-electron chi connectivity index (χ3n) is 3.08. The topological polar surface area (TPSA) is 38.3 Å². The molecule has 4 heteroatoms. The number of aryl methyl sites for hydroxylation is 1. The zero-order valence-electron chi connectivity index (χ0n) is 11.7. The molecule has 0 saturated carbocycles. The monoisotopic (exact) mass is 269 g/mol. The lowest BCUT2D eigenvalue weighted by molar-refractivity contribution is 0.411. The van der Waals surface area contributed by atoms with Gasteiger partial charge in [0.25, 0.3) is 0 Å². The fourth-order valence-electron chi connectivity index (χ4n) is 1.75. The minimum Gasteiger partial charge on any atom is -0.496 e. The van der Waals surface area contributed by atoms with Gasteiger partial charge in [-0.25, -0.2) is 0 Å². The molecule has 0 bridgehead atoms. The van der Waals surface area contributed by atoms with Crippen molar-refractivity contribution < 1.29 is 8.95 Å². The van der Waals surface area contributed by atoms with Crippen LogP contribution in [0.1, 0.15) is 24.5 Å². The van der Waals surface area contributed by atoms with Crippen LogP contribution in [0.2, 0.25) is 0 Å². The van der Waals surface area contributed by atoms with Crippen LogP contribution in [-0.4, -0.2) is 29.4 Å². The van der Waals surface area contributed by atoms with Crippen molar-refractivity contribution in [2.24, 2.45) is 0 Å². The van der Waals surface area contributed by atoms with E-state index >= 15 is 0 Å². The van der Waals surface area contributed by atoms with Crippen molar-refractivity contribution in [1.29, 1.82) is 0 Å². The molecule has 0 spiro atoms. The Balaban J connectivity index is 2.36.